The zero-order chi connectivity index (χ0) is 13.4. The van der Waals surface area contributed by atoms with E-state index in [9.17, 15) is 9.59 Å². The van der Waals surface area contributed by atoms with Crippen LogP contribution in [-0.4, -0.2) is 11.8 Å². The molecule has 5 heteroatoms. The number of rotatable bonds is 3. The molecule has 2 aromatic rings. The third kappa shape index (κ3) is 2.29. The van der Waals surface area contributed by atoms with E-state index < -0.39 is 6.10 Å². The third-order valence-electron chi connectivity index (χ3n) is 3.00. The zero-order valence-electron chi connectivity index (χ0n) is 9.76. The van der Waals surface area contributed by atoms with Gasteiger partial charge in [-0.15, -0.1) is 11.3 Å². The highest BCUT2D eigenvalue weighted by Crippen LogP contribution is 2.34. The summed E-state index contributed by atoms with van der Waals surface area (Å²) in [6.07, 6.45) is -0.336. The number of fused-ring (bicyclic) bond motifs is 1. The van der Waals surface area contributed by atoms with Crippen LogP contribution >= 0.6 is 22.9 Å². The number of hydrogen-bond acceptors (Lipinski definition) is 4. The fourth-order valence-corrected chi connectivity index (χ4v) is 3.10. The van der Waals surface area contributed by atoms with Crippen molar-refractivity contribution in [1.82, 2.24) is 0 Å². The van der Waals surface area contributed by atoms with Gasteiger partial charge in [-0.05, 0) is 18.2 Å². The maximum absolute atomic E-state index is 12.1. The van der Waals surface area contributed by atoms with E-state index in [0.29, 0.717) is 14.8 Å². The van der Waals surface area contributed by atoms with Gasteiger partial charge in [0.2, 0.25) is 0 Å². The van der Waals surface area contributed by atoms with Gasteiger partial charge in [-0.1, -0.05) is 29.8 Å². The molecule has 1 aromatic heterocycles. The quantitative estimate of drug-likeness (QED) is 0.637. The number of benzene rings is 1. The van der Waals surface area contributed by atoms with Gasteiger partial charge in [0.1, 0.15) is 6.10 Å². The number of Topliss-reactive ketones (excluding diaryl/α,β-unsaturated/α-hetero) is 1. The van der Waals surface area contributed by atoms with Crippen LogP contribution in [0.1, 0.15) is 38.1 Å². The molecular weight excluding hydrogens is 284 g/mol. The average Bonchev–Trinajstić information content (AvgIpc) is 2.96. The number of cyclic esters (lactones) is 1. The molecule has 19 heavy (non-hydrogen) atoms. The summed E-state index contributed by atoms with van der Waals surface area (Å²) in [6.45, 7) is 0. The second-order valence-electron chi connectivity index (χ2n) is 4.21. The van der Waals surface area contributed by atoms with Crippen LogP contribution in [0.3, 0.4) is 0 Å². The van der Waals surface area contributed by atoms with E-state index in [0.717, 1.165) is 5.56 Å². The standard InChI is InChI=1S/C14H9ClO3S/c15-13-6-5-12(19-13)10(16)7-11-8-3-1-2-4-9(8)14(17)18-11/h1-6,11H,7H2. The number of ether oxygens (including phenoxy) is 1. The van der Waals surface area contributed by atoms with E-state index in [1.165, 1.54) is 11.3 Å². The molecule has 1 aliphatic rings. The minimum absolute atomic E-state index is 0.0635. The Morgan fingerprint density at radius 1 is 1.26 bits per heavy atom. The van der Waals surface area contributed by atoms with Crippen molar-refractivity contribution in [3.8, 4) is 0 Å². The molecule has 0 bridgehead atoms. The lowest BCUT2D eigenvalue weighted by Gasteiger charge is -2.08. The number of carbonyl (C=O) groups is 2. The van der Waals surface area contributed by atoms with Crippen LogP contribution in [0.5, 0.6) is 0 Å². The van der Waals surface area contributed by atoms with Crippen LogP contribution in [0.2, 0.25) is 4.34 Å². The summed E-state index contributed by atoms with van der Waals surface area (Å²) in [6, 6.07) is 10.5. The lowest BCUT2D eigenvalue weighted by atomic mass is 10.0. The van der Waals surface area contributed by atoms with Crippen LogP contribution in [0.4, 0.5) is 0 Å². The van der Waals surface area contributed by atoms with Gasteiger partial charge in [-0.2, -0.15) is 0 Å². The number of thiophene rings is 1. The Morgan fingerprint density at radius 2 is 2.05 bits per heavy atom. The highest BCUT2D eigenvalue weighted by molar-refractivity contribution is 7.18. The fourth-order valence-electron chi connectivity index (χ4n) is 2.10. The van der Waals surface area contributed by atoms with Crippen molar-refractivity contribution in [2.45, 2.75) is 12.5 Å². The summed E-state index contributed by atoms with van der Waals surface area (Å²) in [5.41, 5.74) is 1.33. The molecule has 0 saturated heterocycles. The van der Waals surface area contributed by atoms with Gasteiger partial charge >= 0.3 is 5.97 Å². The van der Waals surface area contributed by atoms with Crippen molar-refractivity contribution in [2.24, 2.45) is 0 Å². The number of esters is 1. The summed E-state index contributed by atoms with van der Waals surface area (Å²) < 4.78 is 5.82. The van der Waals surface area contributed by atoms with E-state index in [-0.39, 0.29) is 18.2 Å². The summed E-state index contributed by atoms with van der Waals surface area (Å²) >= 11 is 7.04. The Hall–Kier alpha value is -1.65. The van der Waals surface area contributed by atoms with Crippen LogP contribution < -0.4 is 0 Å². The van der Waals surface area contributed by atoms with Gasteiger partial charge in [0.25, 0.3) is 0 Å². The normalized spacial score (nSPS) is 17.1. The SMILES string of the molecule is O=C(CC1OC(=O)c2ccccc21)c1ccc(Cl)s1. The minimum atomic E-state index is -0.489. The van der Waals surface area contributed by atoms with Gasteiger partial charge in [-0.25, -0.2) is 4.79 Å². The molecule has 96 valence electrons. The highest BCUT2D eigenvalue weighted by atomic mass is 35.5. The van der Waals surface area contributed by atoms with E-state index in [4.69, 9.17) is 16.3 Å². The number of ketones is 1. The minimum Gasteiger partial charge on any atom is -0.453 e. The molecule has 0 aliphatic carbocycles. The predicted octanol–water partition coefficient (Wildman–Crippen LogP) is 3.89. The Labute approximate surface area is 118 Å². The molecule has 0 saturated carbocycles. The zero-order valence-corrected chi connectivity index (χ0v) is 11.3. The first-order chi connectivity index (χ1) is 9.15. The number of hydrogen-bond donors (Lipinski definition) is 0. The molecule has 1 aliphatic heterocycles. The molecular formula is C14H9ClO3S. The maximum atomic E-state index is 12.1. The van der Waals surface area contributed by atoms with Crippen LogP contribution in [0.25, 0.3) is 0 Å². The van der Waals surface area contributed by atoms with Gasteiger partial charge in [0.15, 0.2) is 5.78 Å². The van der Waals surface area contributed by atoms with E-state index in [1.807, 2.05) is 12.1 Å². The highest BCUT2D eigenvalue weighted by Gasteiger charge is 2.32. The van der Waals surface area contributed by atoms with Gasteiger partial charge < -0.3 is 4.74 Å². The van der Waals surface area contributed by atoms with Crippen molar-refractivity contribution >= 4 is 34.7 Å². The largest absolute Gasteiger partial charge is 0.453 e. The van der Waals surface area contributed by atoms with Crippen LogP contribution in [0.15, 0.2) is 36.4 Å². The lowest BCUT2D eigenvalue weighted by Crippen LogP contribution is -2.06. The smallest absolute Gasteiger partial charge is 0.339 e. The molecule has 0 fully saturated rings. The van der Waals surface area contributed by atoms with Gasteiger partial charge in [-0.3, -0.25) is 4.79 Å². The molecule has 0 amide bonds. The Bertz CT molecular complexity index is 662. The topological polar surface area (TPSA) is 43.4 Å². The Morgan fingerprint density at radius 3 is 2.79 bits per heavy atom. The molecule has 0 radical (unpaired) electrons. The Kier molecular flexibility index (Phi) is 3.12. The molecule has 3 rings (SSSR count). The van der Waals surface area contributed by atoms with Crippen LogP contribution in [0, 0.1) is 0 Å². The van der Waals surface area contributed by atoms with Crippen molar-refractivity contribution in [3.63, 3.8) is 0 Å². The molecule has 2 heterocycles. The van der Waals surface area contributed by atoms with Gasteiger partial charge in [0.05, 0.1) is 21.2 Å². The molecule has 1 unspecified atom stereocenters. The monoisotopic (exact) mass is 292 g/mol. The Balaban J connectivity index is 1.82. The number of halogens is 1. The second kappa shape index (κ2) is 4.79. The first-order valence-corrected chi connectivity index (χ1v) is 6.93. The second-order valence-corrected chi connectivity index (χ2v) is 5.93. The lowest BCUT2D eigenvalue weighted by molar-refractivity contribution is 0.0367. The summed E-state index contributed by atoms with van der Waals surface area (Å²) in [7, 11) is 0. The predicted molar refractivity (Wildman–Crippen MR) is 72.9 cm³/mol. The molecule has 0 spiro atoms. The van der Waals surface area contributed by atoms with Crippen LogP contribution in [-0.2, 0) is 4.74 Å². The first kappa shape index (κ1) is 12.4. The van der Waals surface area contributed by atoms with Crippen molar-refractivity contribution < 1.29 is 14.3 Å². The van der Waals surface area contributed by atoms with E-state index in [2.05, 4.69) is 0 Å². The van der Waals surface area contributed by atoms with Crippen molar-refractivity contribution in [3.05, 3.63) is 56.7 Å². The van der Waals surface area contributed by atoms with E-state index in [1.54, 1.807) is 24.3 Å². The molecule has 1 aromatic carbocycles. The summed E-state index contributed by atoms with van der Waals surface area (Å²) in [4.78, 5) is 24.3. The molecule has 3 nitrogen and oxygen atoms in total. The number of carbonyl (C=O) groups excluding carboxylic acids is 2. The third-order valence-corrected chi connectivity index (χ3v) is 4.27. The fraction of sp³-hybridized carbons (Fsp3) is 0.143. The first-order valence-electron chi connectivity index (χ1n) is 5.73. The maximum Gasteiger partial charge on any atom is 0.339 e. The van der Waals surface area contributed by atoms with E-state index >= 15 is 0 Å². The summed E-state index contributed by atoms with van der Waals surface area (Å²) in [5, 5.41) is 0. The van der Waals surface area contributed by atoms with Crippen molar-refractivity contribution in [2.75, 3.05) is 0 Å². The van der Waals surface area contributed by atoms with Gasteiger partial charge in [0, 0.05) is 5.56 Å². The molecule has 1 atom stereocenters. The summed E-state index contributed by atoms with van der Waals surface area (Å²) in [5.74, 6) is -0.427. The van der Waals surface area contributed by atoms with Crippen molar-refractivity contribution in [1.29, 1.82) is 0 Å². The molecule has 0 N–H and O–H groups in total. The average molecular weight is 293 g/mol.